The summed E-state index contributed by atoms with van der Waals surface area (Å²) in [6.07, 6.45) is 1.76. The van der Waals surface area contributed by atoms with Crippen LogP contribution >= 0.6 is 11.6 Å². The third-order valence-electron chi connectivity index (χ3n) is 5.61. The number of amides is 1. The van der Waals surface area contributed by atoms with Crippen molar-refractivity contribution in [2.24, 2.45) is 5.73 Å². The smallest absolute Gasteiger partial charge is 0.253 e. The lowest BCUT2D eigenvalue weighted by molar-refractivity contribution is 0.0713. The van der Waals surface area contributed by atoms with Gasteiger partial charge in [0.2, 0.25) is 0 Å². The number of allylic oxidation sites excluding steroid dienone is 2. The number of likely N-dealkylation sites (tertiary alicyclic amines) is 1. The predicted molar refractivity (Wildman–Crippen MR) is 120 cm³/mol. The zero-order valence-corrected chi connectivity index (χ0v) is 18.0. The van der Waals surface area contributed by atoms with Crippen LogP contribution in [0.2, 0.25) is 0 Å². The van der Waals surface area contributed by atoms with Crippen molar-refractivity contribution in [1.82, 2.24) is 4.90 Å². The molecule has 0 bridgehead atoms. The summed E-state index contributed by atoms with van der Waals surface area (Å²) >= 11 is 6.16. The summed E-state index contributed by atoms with van der Waals surface area (Å²) in [7, 11) is 0. The van der Waals surface area contributed by atoms with E-state index >= 15 is 0 Å². The lowest BCUT2D eigenvalue weighted by atomic mass is 9.88. The molecule has 5 nitrogen and oxygen atoms in total. The van der Waals surface area contributed by atoms with Gasteiger partial charge in [0.25, 0.3) is 5.91 Å². The summed E-state index contributed by atoms with van der Waals surface area (Å²) in [6.45, 7) is 4.88. The topological polar surface area (TPSA) is 94.0 Å². The number of piperidine rings is 1. The van der Waals surface area contributed by atoms with Crippen molar-refractivity contribution in [3.8, 4) is 6.07 Å². The van der Waals surface area contributed by atoms with Gasteiger partial charge in [-0.2, -0.15) is 5.26 Å². The molecule has 1 saturated heterocycles. The highest BCUT2D eigenvalue weighted by Gasteiger charge is 2.25. The largest absolute Gasteiger partial charge is 0.401 e. The van der Waals surface area contributed by atoms with E-state index < -0.39 is 0 Å². The molecule has 3 N–H and O–H groups in total. The van der Waals surface area contributed by atoms with Gasteiger partial charge in [-0.3, -0.25) is 10.2 Å². The molecule has 0 aliphatic carbocycles. The number of hydrogen-bond acceptors (Lipinski definition) is 4. The Hall–Kier alpha value is -3.10. The molecule has 0 atom stereocenters. The molecule has 2 aromatic rings. The van der Waals surface area contributed by atoms with Crippen molar-refractivity contribution in [3.63, 3.8) is 0 Å². The van der Waals surface area contributed by atoms with Gasteiger partial charge in [-0.1, -0.05) is 29.8 Å². The van der Waals surface area contributed by atoms with Crippen LogP contribution in [0, 0.1) is 23.7 Å². The fourth-order valence-corrected chi connectivity index (χ4v) is 3.87. The minimum Gasteiger partial charge on any atom is -0.401 e. The van der Waals surface area contributed by atoms with Crippen LogP contribution in [0.3, 0.4) is 0 Å². The van der Waals surface area contributed by atoms with E-state index in [0.29, 0.717) is 41.4 Å². The monoisotopic (exact) mass is 420 g/mol. The Bertz CT molecular complexity index is 1040. The van der Waals surface area contributed by atoms with Crippen molar-refractivity contribution < 1.29 is 4.79 Å². The van der Waals surface area contributed by atoms with Crippen LogP contribution < -0.4 is 5.73 Å². The summed E-state index contributed by atoms with van der Waals surface area (Å²) in [5.74, 6) is 0.354. The number of carbonyl (C=O) groups excluding carboxylic acids is 1. The van der Waals surface area contributed by atoms with E-state index in [9.17, 15) is 4.79 Å². The average Bonchev–Trinajstić information content (AvgIpc) is 2.78. The lowest BCUT2D eigenvalue weighted by Gasteiger charge is -2.32. The number of rotatable bonds is 4. The molecule has 0 saturated carbocycles. The Labute approximate surface area is 182 Å². The zero-order chi connectivity index (χ0) is 21.8. The highest BCUT2D eigenvalue weighted by molar-refractivity contribution is 6.46. The maximum Gasteiger partial charge on any atom is 0.253 e. The van der Waals surface area contributed by atoms with Crippen LogP contribution in [-0.2, 0) is 0 Å². The van der Waals surface area contributed by atoms with E-state index in [4.69, 9.17) is 28.0 Å². The number of aryl methyl sites for hydroxylation is 1. The van der Waals surface area contributed by atoms with Crippen molar-refractivity contribution in [3.05, 3.63) is 81.0 Å². The van der Waals surface area contributed by atoms with Crippen LogP contribution in [0.5, 0.6) is 0 Å². The molecule has 0 aromatic heterocycles. The fraction of sp³-hybridized carbons (Fsp3) is 0.292. The maximum absolute atomic E-state index is 13.1. The van der Waals surface area contributed by atoms with Crippen molar-refractivity contribution >= 4 is 23.2 Å². The lowest BCUT2D eigenvalue weighted by Crippen LogP contribution is -2.38. The van der Waals surface area contributed by atoms with Crippen LogP contribution in [0.25, 0.3) is 0 Å². The van der Waals surface area contributed by atoms with Gasteiger partial charge in [0, 0.05) is 29.9 Å². The number of carbonyl (C=O) groups is 1. The second-order valence-electron chi connectivity index (χ2n) is 7.70. The summed E-state index contributed by atoms with van der Waals surface area (Å²) < 4.78 is 0. The first kappa shape index (κ1) is 21.6. The van der Waals surface area contributed by atoms with Crippen molar-refractivity contribution in [2.75, 3.05) is 13.1 Å². The summed E-state index contributed by atoms with van der Waals surface area (Å²) in [5.41, 5.74) is 10.1. The van der Waals surface area contributed by atoms with Gasteiger partial charge in [0.15, 0.2) is 0 Å². The second-order valence-corrected chi connectivity index (χ2v) is 8.08. The quantitative estimate of drug-likeness (QED) is 0.703. The van der Waals surface area contributed by atoms with Crippen LogP contribution in [0.15, 0.2) is 53.2 Å². The molecule has 2 aromatic carbocycles. The van der Waals surface area contributed by atoms with Crippen LogP contribution in [0.1, 0.15) is 58.3 Å². The van der Waals surface area contributed by atoms with Gasteiger partial charge in [0.1, 0.15) is 0 Å². The normalized spacial score (nSPS) is 15.3. The molecule has 3 rings (SSSR count). The summed E-state index contributed by atoms with van der Waals surface area (Å²) in [4.78, 5) is 14.9. The van der Waals surface area contributed by atoms with Gasteiger partial charge in [-0.05, 0) is 68.0 Å². The molecule has 0 radical (unpaired) electrons. The number of nitriles is 1. The number of nitrogens with one attached hydrogen (secondary N) is 1. The van der Waals surface area contributed by atoms with Crippen molar-refractivity contribution in [2.45, 2.75) is 32.6 Å². The van der Waals surface area contributed by atoms with Gasteiger partial charge in [-0.15, -0.1) is 0 Å². The van der Waals surface area contributed by atoms with E-state index in [1.807, 2.05) is 42.2 Å². The minimum atomic E-state index is -0.0353. The van der Waals surface area contributed by atoms with Crippen LogP contribution in [-0.4, -0.2) is 29.6 Å². The molecule has 6 heteroatoms. The van der Waals surface area contributed by atoms with E-state index in [1.165, 1.54) is 5.56 Å². The second kappa shape index (κ2) is 9.15. The molecule has 1 aliphatic heterocycles. The van der Waals surface area contributed by atoms with E-state index in [0.717, 1.165) is 18.4 Å². The number of hydrogen-bond donors (Lipinski definition) is 2. The first-order valence-corrected chi connectivity index (χ1v) is 10.3. The molecular weight excluding hydrogens is 396 g/mol. The van der Waals surface area contributed by atoms with Gasteiger partial charge >= 0.3 is 0 Å². The third kappa shape index (κ3) is 4.55. The Morgan fingerprint density at radius 3 is 2.40 bits per heavy atom. The summed E-state index contributed by atoms with van der Waals surface area (Å²) in [6, 6.07) is 15.2. The molecular formula is C24H25ClN4O. The van der Waals surface area contributed by atoms with Crippen LogP contribution in [0.4, 0.5) is 0 Å². The zero-order valence-electron chi connectivity index (χ0n) is 17.2. The molecule has 1 amide bonds. The number of nitrogens with two attached hydrogens (primary N) is 1. The number of nitrogens with zero attached hydrogens (tertiary/aromatic N) is 2. The fourth-order valence-electron chi connectivity index (χ4n) is 3.77. The molecule has 1 heterocycles. The van der Waals surface area contributed by atoms with E-state index in [2.05, 4.69) is 6.07 Å². The molecule has 30 heavy (non-hydrogen) atoms. The molecule has 0 unspecified atom stereocenters. The highest BCUT2D eigenvalue weighted by atomic mass is 35.5. The average molecular weight is 421 g/mol. The minimum absolute atomic E-state index is 0.0353. The Morgan fingerprint density at radius 2 is 1.83 bits per heavy atom. The molecule has 1 aliphatic rings. The van der Waals surface area contributed by atoms with Gasteiger partial charge in [-0.25, -0.2) is 0 Å². The van der Waals surface area contributed by atoms with Gasteiger partial charge in [0.05, 0.1) is 22.4 Å². The third-order valence-corrected chi connectivity index (χ3v) is 6.10. The Balaban J connectivity index is 1.72. The first-order valence-electron chi connectivity index (χ1n) is 9.93. The molecule has 0 spiro atoms. The number of halogens is 1. The van der Waals surface area contributed by atoms with E-state index in [1.54, 1.807) is 19.1 Å². The standard InChI is InChI=1S/C24H25ClN4O/c1-15-3-6-20(13-21(15)23(28)22(25)16(2)27)24(30)29-11-9-19(10-12-29)18-7-4-17(14-26)5-8-18/h3-8,13,19,28H,9-12,27H2,1-2H3. The van der Waals surface area contributed by atoms with Gasteiger partial charge < -0.3 is 10.6 Å². The molecule has 154 valence electrons. The maximum atomic E-state index is 13.1. The Morgan fingerprint density at radius 1 is 1.20 bits per heavy atom. The predicted octanol–water partition coefficient (Wildman–Crippen LogP) is 4.68. The molecule has 1 fully saturated rings. The van der Waals surface area contributed by atoms with Crippen molar-refractivity contribution in [1.29, 1.82) is 10.7 Å². The first-order chi connectivity index (χ1) is 14.3. The Kier molecular flexibility index (Phi) is 6.59. The summed E-state index contributed by atoms with van der Waals surface area (Å²) in [5, 5.41) is 17.5. The SMILES string of the molecule is CC(N)=C(Cl)C(=N)c1cc(C(=O)N2CCC(c3ccc(C#N)cc3)CC2)ccc1C. The number of benzene rings is 2. The van der Waals surface area contributed by atoms with E-state index in [-0.39, 0.29) is 16.7 Å². The highest BCUT2D eigenvalue weighted by Crippen LogP contribution is 2.29.